The summed E-state index contributed by atoms with van der Waals surface area (Å²) in [5, 5.41) is 1.55. The second-order valence-electron chi connectivity index (χ2n) is 3.55. The summed E-state index contributed by atoms with van der Waals surface area (Å²) in [7, 11) is 3.19. The number of rotatable bonds is 3. The van der Waals surface area contributed by atoms with Crippen LogP contribution in [0.4, 0.5) is 0 Å². The van der Waals surface area contributed by atoms with Gasteiger partial charge in [0.2, 0.25) is 0 Å². The fourth-order valence-electron chi connectivity index (χ4n) is 1.31. The Labute approximate surface area is 114 Å². The molecule has 2 aromatic rings. The number of benzene rings is 1. The predicted molar refractivity (Wildman–Crippen MR) is 74.7 cm³/mol. The lowest BCUT2D eigenvalue weighted by molar-refractivity contribution is 0.907. The zero-order valence-corrected chi connectivity index (χ0v) is 11.9. The third-order valence-corrected chi connectivity index (χ3v) is 4.39. The second kappa shape index (κ2) is 5.76. The van der Waals surface area contributed by atoms with Crippen LogP contribution in [0.25, 0.3) is 0 Å². The molecule has 0 saturated carbocycles. The Bertz CT molecular complexity index is 494. The topological polar surface area (TPSA) is 25.8 Å². The van der Waals surface area contributed by atoms with Gasteiger partial charge in [-0.25, -0.2) is 9.97 Å². The maximum Gasteiger partial charge on any atom is 0.199 e. The van der Waals surface area contributed by atoms with E-state index >= 15 is 0 Å². The van der Waals surface area contributed by atoms with Crippen molar-refractivity contribution in [3.05, 3.63) is 46.7 Å². The molecule has 5 heteroatoms. The van der Waals surface area contributed by atoms with Gasteiger partial charge in [0.1, 0.15) is 0 Å². The van der Waals surface area contributed by atoms with Gasteiger partial charge >= 0.3 is 0 Å². The van der Waals surface area contributed by atoms with Crippen molar-refractivity contribution >= 4 is 33.2 Å². The van der Waals surface area contributed by atoms with E-state index < -0.39 is 0 Å². The number of hydrogen-bond acceptors (Lipinski definition) is 4. The van der Waals surface area contributed by atoms with Crippen LogP contribution in [0.3, 0.4) is 0 Å². The molecule has 0 radical (unpaired) electrons. The molecule has 2 nitrogen and oxygen atoms in total. The Morgan fingerprint density at radius 2 is 1.53 bits per heavy atom. The van der Waals surface area contributed by atoms with Crippen molar-refractivity contribution in [2.24, 2.45) is 0 Å². The summed E-state index contributed by atoms with van der Waals surface area (Å²) < 4.78 is 0. The van der Waals surface area contributed by atoms with Gasteiger partial charge in [-0.3, -0.25) is 0 Å². The summed E-state index contributed by atoms with van der Waals surface area (Å²) in [5.41, 5.74) is 1.99. The molecular weight excluding hydrogens is 272 g/mol. The van der Waals surface area contributed by atoms with Crippen LogP contribution >= 0.6 is 33.2 Å². The van der Waals surface area contributed by atoms with Crippen molar-refractivity contribution in [3.63, 3.8) is 0 Å². The Morgan fingerprint density at radius 3 is 2.12 bits per heavy atom. The van der Waals surface area contributed by atoms with Crippen LogP contribution in [-0.2, 0) is 0 Å². The maximum absolute atomic E-state index is 5.83. The first-order valence-electron chi connectivity index (χ1n) is 5.06. The van der Waals surface area contributed by atoms with Crippen LogP contribution < -0.4 is 0 Å². The third-order valence-electron chi connectivity index (χ3n) is 1.99. The molecule has 0 aliphatic rings. The highest BCUT2D eigenvalue weighted by Gasteiger charge is 2.02. The van der Waals surface area contributed by atoms with E-state index in [4.69, 9.17) is 11.6 Å². The van der Waals surface area contributed by atoms with Crippen LogP contribution in [0.5, 0.6) is 0 Å². The molecule has 1 aromatic heterocycles. The molecule has 0 aliphatic carbocycles. The minimum atomic E-state index is 0.752. The third kappa shape index (κ3) is 3.91. The largest absolute Gasteiger partial charge is 0.227 e. The fraction of sp³-hybridized carbons (Fsp3) is 0.167. The first-order chi connectivity index (χ1) is 8.13. The van der Waals surface area contributed by atoms with Crippen LogP contribution in [0, 0.1) is 13.8 Å². The number of halogens is 1. The van der Waals surface area contributed by atoms with Crippen molar-refractivity contribution in [1.82, 2.24) is 9.97 Å². The molecule has 17 heavy (non-hydrogen) atoms. The minimum absolute atomic E-state index is 0.752. The van der Waals surface area contributed by atoms with Gasteiger partial charge < -0.3 is 0 Å². The summed E-state index contributed by atoms with van der Waals surface area (Å²) in [6.45, 7) is 3.96. The Hall–Kier alpha value is -0.710. The molecule has 0 saturated heterocycles. The van der Waals surface area contributed by atoms with E-state index in [1.165, 1.54) is 0 Å². The molecule has 88 valence electrons. The molecular formula is C12H11ClN2S2. The molecule has 1 aromatic carbocycles. The highest BCUT2D eigenvalue weighted by molar-refractivity contribution is 8.76. The van der Waals surface area contributed by atoms with Gasteiger partial charge in [0, 0.05) is 21.3 Å². The number of hydrogen-bond donors (Lipinski definition) is 0. The highest BCUT2D eigenvalue weighted by atomic mass is 35.5. The molecule has 0 bridgehead atoms. The van der Waals surface area contributed by atoms with E-state index in [2.05, 4.69) is 9.97 Å². The molecule has 0 fully saturated rings. The molecule has 0 amide bonds. The Balaban J connectivity index is 2.04. The van der Waals surface area contributed by atoms with Gasteiger partial charge in [-0.1, -0.05) is 11.6 Å². The second-order valence-corrected chi connectivity index (χ2v) is 6.16. The van der Waals surface area contributed by atoms with Crippen molar-refractivity contribution in [2.75, 3.05) is 0 Å². The lowest BCUT2D eigenvalue weighted by Crippen LogP contribution is -1.91. The Kier molecular flexibility index (Phi) is 4.31. The van der Waals surface area contributed by atoms with Crippen LogP contribution in [-0.4, -0.2) is 9.97 Å². The van der Waals surface area contributed by atoms with E-state index in [1.807, 2.05) is 44.2 Å². The first kappa shape index (κ1) is 12.7. The quantitative estimate of drug-likeness (QED) is 0.609. The SMILES string of the molecule is Cc1cc(C)nc(SSc2ccc(Cl)cc2)n1. The Morgan fingerprint density at radius 1 is 0.941 bits per heavy atom. The van der Waals surface area contributed by atoms with E-state index in [-0.39, 0.29) is 0 Å². The van der Waals surface area contributed by atoms with Crippen LogP contribution in [0.2, 0.25) is 5.02 Å². The zero-order valence-electron chi connectivity index (χ0n) is 9.48. The fourth-order valence-corrected chi connectivity index (χ4v) is 3.28. The molecule has 0 spiro atoms. The highest BCUT2D eigenvalue weighted by Crippen LogP contribution is 2.35. The molecule has 0 unspecified atom stereocenters. The smallest absolute Gasteiger partial charge is 0.199 e. The van der Waals surface area contributed by atoms with Crippen molar-refractivity contribution in [3.8, 4) is 0 Å². The summed E-state index contributed by atoms with van der Waals surface area (Å²) in [6, 6.07) is 9.71. The monoisotopic (exact) mass is 282 g/mol. The number of aromatic nitrogens is 2. The molecule has 2 rings (SSSR count). The first-order valence-corrected chi connectivity index (χ1v) is 7.58. The van der Waals surface area contributed by atoms with Crippen LogP contribution in [0.1, 0.15) is 11.4 Å². The lowest BCUT2D eigenvalue weighted by Gasteiger charge is -2.02. The normalized spacial score (nSPS) is 10.5. The predicted octanol–water partition coefficient (Wildman–Crippen LogP) is 4.55. The van der Waals surface area contributed by atoms with Crippen molar-refractivity contribution in [2.45, 2.75) is 23.9 Å². The summed E-state index contributed by atoms with van der Waals surface area (Å²) >= 11 is 5.83. The zero-order chi connectivity index (χ0) is 12.3. The molecule has 1 heterocycles. The number of nitrogens with zero attached hydrogens (tertiary/aromatic N) is 2. The van der Waals surface area contributed by atoms with E-state index in [9.17, 15) is 0 Å². The van der Waals surface area contributed by atoms with Gasteiger partial charge in [-0.05, 0) is 65.8 Å². The van der Waals surface area contributed by atoms with Gasteiger partial charge in [0.05, 0.1) is 0 Å². The summed E-state index contributed by atoms with van der Waals surface area (Å²) in [5.74, 6) is 0. The lowest BCUT2D eigenvalue weighted by atomic mass is 10.4. The van der Waals surface area contributed by atoms with Gasteiger partial charge in [-0.2, -0.15) is 0 Å². The van der Waals surface area contributed by atoms with Crippen LogP contribution in [0.15, 0.2) is 40.4 Å². The van der Waals surface area contributed by atoms with Gasteiger partial charge in [0.15, 0.2) is 5.16 Å². The van der Waals surface area contributed by atoms with Crippen molar-refractivity contribution in [1.29, 1.82) is 0 Å². The average molecular weight is 283 g/mol. The molecule has 0 N–H and O–H groups in total. The average Bonchev–Trinajstić information content (AvgIpc) is 2.27. The van der Waals surface area contributed by atoms with Crippen molar-refractivity contribution < 1.29 is 0 Å². The minimum Gasteiger partial charge on any atom is -0.227 e. The van der Waals surface area contributed by atoms with E-state index in [1.54, 1.807) is 21.6 Å². The summed E-state index contributed by atoms with van der Waals surface area (Å²) in [4.78, 5) is 9.88. The maximum atomic E-state index is 5.83. The standard InChI is InChI=1S/C12H11ClN2S2/c1-8-7-9(2)15-12(14-8)17-16-11-5-3-10(13)4-6-11/h3-7H,1-2H3. The van der Waals surface area contributed by atoms with Gasteiger partial charge in [-0.15, -0.1) is 0 Å². The molecule has 0 atom stereocenters. The molecule has 0 aliphatic heterocycles. The van der Waals surface area contributed by atoms with Gasteiger partial charge in [0.25, 0.3) is 0 Å². The number of aryl methyl sites for hydroxylation is 2. The summed E-state index contributed by atoms with van der Waals surface area (Å²) in [6.07, 6.45) is 0. The van der Waals surface area contributed by atoms with E-state index in [0.717, 1.165) is 26.5 Å². The van der Waals surface area contributed by atoms with E-state index in [0.29, 0.717) is 0 Å².